The zero-order valence-electron chi connectivity index (χ0n) is 9.32. The summed E-state index contributed by atoms with van der Waals surface area (Å²) in [5, 5.41) is 3.22. The van der Waals surface area contributed by atoms with Crippen LogP contribution in [0.15, 0.2) is 12.4 Å². The lowest BCUT2D eigenvalue weighted by atomic mass is 10.1. The number of hydrogen-bond acceptors (Lipinski definition) is 3. The average molecular weight is 197 g/mol. The molecule has 14 heavy (non-hydrogen) atoms. The van der Waals surface area contributed by atoms with Crippen molar-refractivity contribution in [3.8, 4) is 0 Å². The van der Waals surface area contributed by atoms with E-state index in [0.29, 0.717) is 0 Å². The van der Waals surface area contributed by atoms with E-state index < -0.39 is 0 Å². The number of aromatic nitrogens is 2. The number of rotatable bonds is 5. The summed E-state index contributed by atoms with van der Waals surface area (Å²) < 4.78 is 7.43. The van der Waals surface area contributed by atoms with Crippen LogP contribution in [-0.2, 0) is 11.3 Å². The lowest BCUT2D eigenvalue weighted by molar-refractivity contribution is 0.0817. The number of likely N-dealkylation sites (N-methyl/N-ethyl adjacent to an activating group) is 1. The fraction of sp³-hybridized carbons (Fsp3) is 0.700. The maximum absolute atomic E-state index is 5.31. The Kier molecular flexibility index (Phi) is 4.10. The van der Waals surface area contributed by atoms with E-state index >= 15 is 0 Å². The SMILES string of the molecule is CCn1ccnc1C(NC)C(C)OC. The van der Waals surface area contributed by atoms with E-state index in [1.54, 1.807) is 7.11 Å². The van der Waals surface area contributed by atoms with Crippen LogP contribution in [0, 0.1) is 0 Å². The molecule has 1 rings (SSSR count). The molecule has 4 heteroatoms. The van der Waals surface area contributed by atoms with Crippen LogP contribution in [0.1, 0.15) is 25.7 Å². The van der Waals surface area contributed by atoms with Gasteiger partial charge in [0, 0.05) is 26.0 Å². The molecule has 0 spiro atoms. The van der Waals surface area contributed by atoms with Crippen molar-refractivity contribution in [1.82, 2.24) is 14.9 Å². The fourth-order valence-electron chi connectivity index (χ4n) is 1.58. The molecule has 1 N–H and O–H groups in total. The summed E-state index contributed by atoms with van der Waals surface area (Å²) in [6.07, 6.45) is 3.93. The Morgan fingerprint density at radius 3 is 2.86 bits per heavy atom. The van der Waals surface area contributed by atoms with Gasteiger partial charge in [-0.1, -0.05) is 0 Å². The lowest BCUT2D eigenvalue weighted by Crippen LogP contribution is -2.31. The van der Waals surface area contributed by atoms with Gasteiger partial charge in [0.25, 0.3) is 0 Å². The van der Waals surface area contributed by atoms with Crippen molar-refractivity contribution in [2.24, 2.45) is 0 Å². The monoisotopic (exact) mass is 197 g/mol. The van der Waals surface area contributed by atoms with E-state index in [9.17, 15) is 0 Å². The third kappa shape index (κ3) is 2.13. The normalized spacial score (nSPS) is 15.4. The highest BCUT2D eigenvalue weighted by atomic mass is 16.5. The molecule has 80 valence electrons. The second kappa shape index (κ2) is 5.12. The number of imidazole rings is 1. The Bertz CT molecular complexity index is 272. The van der Waals surface area contributed by atoms with Gasteiger partial charge in [0.15, 0.2) is 0 Å². The van der Waals surface area contributed by atoms with Crippen molar-refractivity contribution in [2.75, 3.05) is 14.2 Å². The van der Waals surface area contributed by atoms with Crippen molar-refractivity contribution in [3.63, 3.8) is 0 Å². The van der Waals surface area contributed by atoms with Gasteiger partial charge in [-0.2, -0.15) is 0 Å². The number of nitrogens with zero attached hydrogens (tertiary/aromatic N) is 2. The van der Waals surface area contributed by atoms with Gasteiger partial charge in [0.1, 0.15) is 5.82 Å². The Morgan fingerprint density at radius 2 is 2.36 bits per heavy atom. The maximum atomic E-state index is 5.31. The quantitative estimate of drug-likeness (QED) is 0.771. The van der Waals surface area contributed by atoms with Gasteiger partial charge in [-0.25, -0.2) is 4.98 Å². The van der Waals surface area contributed by atoms with Crippen molar-refractivity contribution < 1.29 is 4.74 Å². The van der Waals surface area contributed by atoms with Crippen molar-refractivity contribution >= 4 is 0 Å². The van der Waals surface area contributed by atoms with Crippen LogP contribution in [0.25, 0.3) is 0 Å². The highest BCUT2D eigenvalue weighted by molar-refractivity contribution is 5.01. The average Bonchev–Trinajstić information content (AvgIpc) is 2.66. The van der Waals surface area contributed by atoms with Gasteiger partial charge < -0.3 is 14.6 Å². The summed E-state index contributed by atoms with van der Waals surface area (Å²) in [6.45, 7) is 5.08. The van der Waals surface area contributed by atoms with Crippen molar-refractivity contribution in [2.45, 2.75) is 32.5 Å². The minimum absolute atomic E-state index is 0.118. The summed E-state index contributed by atoms with van der Waals surface area (Å²) >= 11 is 0. The predicted molar refractivity (Wildman–Crippen MR) is 56.2 cm³/mol. The van der Waals surface area contributed by atoms with E-state index in [2.05, 4.69) is 21.8 Å². The maximum Gasteiger partial charge on any atom is 0.128 e. The van der Waals surface area contributed by atoms with Gasteiger partial charge in [-0.15, -0.1) is 0 Å². The van der Waals surface area contributed by atoms with E-state index in [0.717, 1.165) is 12.4 Å². The second-order valence-corrected chi connectivity index (χ2v) is 3.28. The summed E-state index contributed by atoms with van der Waals surface area (Å²) in [4.78, 5) is 4.35. The molecule has 0 saturated carbocycles. The molecule has 0 fully saturated rings. The van der Waals surface area contributed by atoms with Crippen LogP contribution in [0.4, 0.5) is 0 Å². The first-order chi connectivity index (χ1) is 6.74. The first kappa shape index (κ1) is 11.2. The van der Waals surface area contributed by atoms with Crippen LogP contribution in [0.3, 0.4) is 0 Å². The van der Waals surface area contributed by atoms with Crippen LogP contribution in [0.2, 0.25) is 0 Å². The van der Waals surface area contributed by atoms with Gasteiger partial charge in [-0.3, -0.25) is 0 Å². The minimum atomic E-state index is 0.118. The molecular weight excluding hydrogens is 178 g/mol. The van der Waals surface area contributed by atoms with E-state index in [1.165, 1.54) is 0 Å². The molecule has 1 aromatic rings. The van der Waals surface area contributed by atoms with Crippen molar-refractivity contribution in [1.29, 1.82) is 0 Å². The number of aryl methyl sites for hydroxylation is 1. The highest BCUT2D eigenvalue weighted by Crippen LogP contribution is 2.16. The lowest BCUT2D eigenvalue weighted by Gasteiger charge is -2.22. The third-order valence-electron chi connectivity index (χ3n) is 2.52. The highest BCUT2D eigenvalue weighted by Gasteiger charge is 2.20. The molecule has 0 aliphatic rings. The molecule has 0 saturated heterocycles. The van der Waals surface area contributed by atoms with Gasteiger partial charge in [0.2, 0.25) is 0 Å². The van der Waals surface area contributed by atoms with Crippen LogP contribution >= 0.6 is 0 Å². The molecule has 2 atom stereocenters. The Balaban J connectivity index is 2.88. The predicted octanol–water partition coefficient (Wildman–Crippen LogP) is 1.20. The van der Waals surface area contributed by atoms with E-state index in [-0.39, 0.29) is 12.1 Å². The summed E-state index contributed by atoms with van der Waals surface area (Å²) in [5.74, 6) is 1.03. The number of ether oxygens (including phenoxy) is 1. The van der Waals surface area contributed by atoms with Crippen LogP contribution in [0.5, 0.6) is 0 Å². The van der Waals surface area contributed by atoms with Crippen LogP contribution < -0.4 is 5.32 Å². The zero-order valence-corrected chi connectivity index (χ0v) is 9.32. The molecule has 4 nitrogen and oxygen atoms in total. The Labute approximate surface area is 85.3 Å². The summed E-state index contributed by atoms with van der Waals surface area (Å²) in [7, 11) is 3.64. The smallest absolute Gasteiger partial charge is 0.128 e. The van der Waals surface area contributed by atoms with Crippen LogP contribution in [-0.4, -0.2) is 29.8 Å². The molecule has 1 heterocycles. The first-order valence-corrected chi connectivity index (χ1v) is 4.95. The second-order valence-electron chi connectivity index (χ2n) is 3.28. The van der Waals surface area contributed by atoms with Gasteiger partial charge in [0.05, 0.1) is 12.1 Å². The molecule has 0 radical (unpaired) electrons. The molecule has 0 aliphatic carbocycles. The summed E-state index contributed by atoms with van der Waals surface area (Å²) in [6, 6.07) is 0.148. The van der Waals surface area contributed by atoms with Crippen molar-refractivity contribution in [3.05, 3.63) is 18.2 Å². The Morgan fingerprint density at radius 1 is 1.64 bits per heavy atom. The number of methoxy groups -OCH3 is 1. The summed E-state index contributed by atoms with van der Waals surface area (Å²) in [5.41, 5.74) is 0. The molecule has 2 unspecified atom stereocenters. The molecule has 0 aliphatic heterocycles. The standard InChI is InChI=1S/C10H19N3O/c1-5-13-7-6-12-10(13)9(11-3)8(2)14-4/h6-9,11H,5H2,1-4H3. The number of hydrogen-bond donors (Lipinski definition) is 1. The molecule has 1 aromatic heterocycles. The Hall–Kier alpha value is -0.870. The van der Waals surface area contributed by atoms with E-state index in [1.807, 2.05) is 26.4 Å². The molecule has 0 amide bonds. The first-order valence-electron chi connectivity index (χ1n) is 4.95. The molecule has 0 bridgehead atoms. The fourth-order valence-corrected chi connectivity index (χ4v) is 1.58. The van der Waals surface area contributed by atoms with E-state index in [4.69, 9.17) is 4.74 Å². The minimum Gasteiger partial charge on any atom is -0.380 e. The molecular formula is C10H19N3O. The molecule has 0 aromatic carbocycles. The largest absolute Gasteiger partial charge is 0.380 e. The van der Waals surface area contributed by atoms with Gasteiger partial charge in [-0.05, 0) is 20.9 Å². The topological polar surface area (TPSA) is 39.1 Å². The third-order valence-corrected chi connectivity index (χ3v) is 2.52. The number of nitrogens with one attached hydrogen (secondary N) is 1. The van der Waals surface area contributed by atoms with Gasteiger partial charge >= 0.3 is 0 Å². The zero-order chi connectivity index (χ0) is 10.6.